The van der Waals surface area contributed by atoms with Crippen molar-refractivity contribution in [3.63, 3.8) is 0 Å². The normalized spacial score (nSPS) is 26.3. The second kappa shape index (κ2) is 13.0. The van der Waals surface area contributed by atoms with Crippen molar-refractivity contribution in [1.82, 2.24) is 5.32 Å². The number of nitrogens with two attached hydrogens (primary N) is 2. The molecule has 6 atom stereocenters. The minimum atomic E-state index is -1.42. The van der Waals surface area contributed by atoms with Gasteiger partial charge in [0.25, 0.3) is 0 Å². The Hall–Kier alpha value is -1.29. The lowest BCUT2D eigenvalue weighted by molar-refractivity contribution is -0.119. The Bertz CT molecular complexity index is 780. The van der Waals surface area contributed by atoms with Gasteiger partial charge in [0.05, 0.1) is 12.2 Å². The quantitative estimate of drug-likeness (QED) is 0.226. The van der Waals surface area contributed by atoms with Gasteiger partial charge in [-0.15, -0.1) is 0 Å². The summed E-state index contributed by atoms with van der Waals surface area (Å²) in [6, 6.07) is 2.55. The first-order valence-electron chi connectivity index (χ1n) is 11.5. The van der Waals surface area contributed by atoms with Crippen LogP contribution in [0.4, 0.5) is 13.2 Å². The first-order valence-corrected chi connectivity index (χ1v) is 12.3. The highest BCUT2D eigenvalue weighted by molar-refractivity contribution is 7.91. The smallest absolute Gasteiger partial charge is 0.217 e. The summed E-state index contributed by atoms with van der Waals surface area (Å²) >= 11 is 0.250. The SMILES string of the molecule is CCC1CC(C(C)CC(N)=O)C(C)C(C)C1NCC(C)(C)c1ccc(F)c(F)c1F.NSO. The monoisotopic (exact) mass is 491 g/mol. The van der Waals surface area contributed by atoms with E-state index in [1.54, 1.807) is 0 Å². The minimum Gasteiger partial charge on any atom is -0.370 e. The molecule has 0 aromatic heterocycles. The average molecular weight is 492 g/mol. The van der Waals surface area contributed by atoms with E-state index in [9.17, 15) is 18.0 Å². The molecule has 1 saturated carbocycles. The summed E-state index contributed by atoms with van der Waals surface area (Å²) in [4.78, 5) is 11.4. The van der Waals surface area contributed by atoms with E-state index in [2.05, 4.69) is 38.2 Å². The highest BCUT2D eigenvalue weighted by Gasteiger charge is 2.42. The fourth-order valence-electron chi connectivity index (χ4n) is 5.37. The number of hydrogen-bond donors (Lipinski definition) is 4. The van der Waals surface area contributed by atoms with Crippen LogP contribution in [0.2, 0.25) is 0 Å². The molecule has 2 rings (SSSR count). The number of carbonyl (C=O) groups excluding carboxylic acids is 1. The Balaban J connectivity index is 0.00000172. The number of carbonyl (C=O) groups is 1. The van der Waals surface area contributed by atoms with Gasteiger partial charge in [-0.3, -0.25) is 9.93 Å². The highest BCUT2D eigenvalue weighted by Crippen LogP contribution is 2.44. The highest BCUT2D eigenvalue weighted by atomic mass is 32.2. The predicted octanol–water partition coefficient (Wildman–Crippen LogP) is 5.24. The molecule has 1 amide bonds. The van der Waals surface area contributed by atoms with Crippen molar-refractivity contribution < 1.29 is 22.5 Å². The zero-order chi connectivity index (χ0) is 25.5. The van der Waals surface area contributed by atoms with Gasteiger partial charge in [-0.2, -0.15) is 0 Å². The number of hydrogen-bond acceptors (Lipinski definition) is 5. The predicted molar refractivity (Wildman–Crippen MR) is 129 cm³/mol. The van der Waals surface area contributed by atoms with E-state index in [4.69, 9.17) is 10.3 Å². The Kier molecular flexibility index (Phi) is 11.7. The molecule has 9 heteroatoms. The van der Waals surface area contributed by atoms with Gasteiger partial charge in [0.1, 0.15) is 0 Å². The van der Waals surface area contributed by atoms with Crippen LogP contribution in [-0.4, -0.2) is 23.0 Å². The third-order valence-electron chi connectivity index (χ3n) is 7.48. The molecule has 190 valence electrons. The molecule has 0 spiro atoms. The van der Waals surface area contributed by atoms with Crippen LogP contribution in [0, 0.1) is 47.0 Å². The Morgan fingerprint density at radius 2 is 1.82 bits per heavy atom. The average Bonchev–Trinajstić information content (AvgIpc) is 2.72. The summed E-state index contributed by atoms with van der Waals surface area (Å²) in [7, 11) is 0. The number of nitrogens with one attached hydrogen (secondary N) is 1. The van der Waals surface area contributed by atoms with Crippen LogP contribution in [0.25, 0.3) is 0 Å². The third kappa shape index (κ3) is 7.60. The lowest BCUT2D eigenvalue weighted by Crippen LogP contribution is -2.53. The van der Waals surface area contributed by atoms with Crippen LogP contribution in [-0.2, 0) is 10.2 Å². The summed E-state index contributed by atoms with van der Waals surface area (Å²) in [6.45, 7) is 12.9. The van der Waals surface area contributed by atoms with Crippen molar-refractivity contribution in [1.29, 1.82) is 0 Å². The van der Waals surface area contributed by atoms with Gasteiger partial charge >= 0.3 is 0 Å². The first-order chi connectivity index (χ1) is 15.3. The lowest BCUT2D eigenvalue weighted by Gasteiger charge is -2.48. The summed E-state index contributed by atoms with van der Waals surface area (Å²) in [5.74, 6) is -2.12. The molecule has 5 nitrogen and oxygen atoms in total. The number of primary amides is 1. The molecule has 1 aromatic carbocycles. The fourth-order valence-corrected chi connectivity index (χ4v) is 5.37. The number of halogens is 3. The Labute approximate surface area is 200 Å². The van der Waals surface area contributed by atoms with Gasteiger partial charge in [-0.05, 0) is 47.6 Å². The summed E-state index contributed by atoms with van der Waals surface area (Å²) in [5, 5.41) is 7.95. The van der Waals surface area contributed by atoms with Crippen LogP contribution in [0.1, 0.15) is 66.4 Å². The molecule has 0 aliphatic heterocycles. The van der Waals surface area contributed by atoms with Crippen LogP contribution in [0.15, 0.2) is 12.1 Å². The van der Waals surface area contributed by atoms with E-state index >= 15 is 0 Å². The molecular formula is C24H40F3N3O2S. The molecule has 1 aromatic rings. The molecule has 1 aliphatic carbocycles. The fraction of sp³-hybridized carbons (Fsp3) is 0.708. The van der Waals surface area contributed by atoms with Gasteiger partial charge in [0, 0.05) is 24.4 Å². The van der Waals surface area contributed by atoms with Crippen LogP contribution < -0.4 is 16.2 Å². The van der Waals surface area contributed by atoms with Gasteiger partial charge in [-0.1, -0.05) is 54.0 Å². The topological polar surface area (TPSA) is 101 Å². The number of benzene rings is 1. The second-order valence-corrected chi connectivity index (χ2v) is 10.3. The molecule has 0 radical (unpaired) electrons. The van der Waals surface area contributed by atoms with E-state index in [0.717, 1.165) is 18.9 Å². The first kappa shape index (κ1) is 29.7. The molecule has 0 bridgehead atoms. The standard InChI is InChI=1S/C24H37F3N2O.H3NOS/c1-7-16-11-17(13(2)10-20(28)30)14(3)15(4)23(16)29-12-24(5,6)18-8-9-19(25)22(27)21(18)26;1-3-2/h8-9,13-17,23,29H,7,10-12H2,1-6H3,(H2,28,30);2H,1H2. The van der Waals surface area contributed by atoms with E-state index in [0.29, 0.717) is 36.6 Å². The molecule has 1 fully saturated rings. The van der Waals surface area contributed by atoms with Crippen LogP contribution >= 0.6 is 12.2 Å². The van der Waals surface area contributed by atoms with Crippen LogP contribution in [0.5, 0.6) is 0 Å². The zero-order valence-corrected chi connectivity index (χ0v) is 21.3. The Morgan fingerprint density at radius 1 is 1.24 bits per heavy atom. The van der Waals surface area contributed by atoms with Gasteiger partial charge in [0.2, 0.25) is 5.91 Å². The van der Waals surface area contributed by atoms with E-state index in [-0.39, 0.29) is 35.7 Å². The van der Waals surface area contributed by atoms with E-state index < -0.39 is 22.9 Å². The summed E-state index contributed by atoms with van der Waals surface area (Å²) in [6.07, 6.45) is 2.40. The summed E-state index contributed by atoms with van der Waals surface area (Å²) < 4.78 is 48.7. The van der Waals surface area contributed by atoms with E-state index in [1.165, 1.54) is 6.07 Å². The van der Waals surface area contributed by atoms with Crippen molar-refractivity contribution in [3.8, 4) is 0 Å². The van der Waals surface area contributed by atoms with Crippen molar-refractivity contribution in [2.75, 3.05) is 6.54 Å². The number of rotatable bonds is 8. The molecule has 0 heterocycles. The van der Waals surface area contributed by atoms with E-state index in [1.807, 2.05) is 13.8 Å². The van der Waals surface area contributed by atoms with Gasteiger partial charge in [0.15, 0.2) is 17.5 Å². The second-order valence-electron chi connectivity index (χ2n) is 10.1. The van der Waals surface area contributed by atoms with Crippen molar-refractivity contribution in [2.24, 2.45) is 40.5 Å². The lowest BCUT2D eigenvalue weighted by atomic mass is 9.61. The molecule has 6 N–H and O–H groups in total. The van der Waals surface area contributed by atoms with Crippen LogP contribution in [0.3, 0.4) is 0 Å². The summed E-state index contributed by atoms with van der Waals surface area (Å²) in [5.41, 5.74) is 4.90. The van der Waals surface area contributed by atoms with Gasteiger partial charge < -0.3 is 15.6 Å². The van der Waals surface area contributed by atoms with Gasteiger partial charge in [-0.25, -0.2) is 13.2 Å². The molecular weight excluding hydrogens is 451 g/mol. The van der Waals surface area contributed by atoms with Crippen molar-refractivity contribution in [2.45, 2.75) is 72.3 Å². The molecule has 0 saturated heterocycles. The van der Waals surface area contributed by atoms with Crippen molar-refractivity contribution in [3.05, 3.63) is 35.1 Å². The maximum Gasteiger partial charge on any atom is 0.217 e. The minimum absolute atomic E-state index is 0.173. The maximum absolute atomic E-state index is 14.4. The zero-order valence-electron chi connectivity index (χ0n) is 20.5. The van der Waals surface area contributed by atoms with Crippen molar-refractivity contribution >= 4 is 18.1 Å². The Morgan fingerprint density at radius 3 is 2.33 bits per heavy atom. The third-order valence-corrected chi connectivity index (χ3v) is 7.48. The number of amides is 1. The molecule has 33 heavy (non-hydrogen) atoms. The maximum atomic E-state index is 14.4. The molecule has 1 aliphatic rings. The molecule has 6 unspecified atom stereocenters. The largest absolute Gasteiger partial charge is 0.370 e.